The van der Waals surface area contributed by atoms with Crippen molar-refractivity contribution in [1.29, 1.82) is 0 Å². The van der Waals surface area contributed by atoms with Gasteiger partial charge in [0, 0.05) is 12.5 Å². The summed E-state index contributed by atoms with van der Waals surface area (Å²) in [5.41, 5.74) is 1.05. The molecule has 30 heavy (non-hydrogen) atoms. The van der Waals surface area contributed by atoms with Crippen LogP contribution >= 0.6 is 0 Å². The summed E-state index contributed by atoms with van der Waals surface area (Å²) in [5, 5.41) is 9.78. The maximum absolute atomic E-state index is 13.4. The first-order valence-electron chi connectivity index (χ1n) is 10.7. The van der Waals surface area contributed by atoms with Gasteiger partial charge in [0.05, 0.1) is 18.1 Å². The molecule has 1 N–H and O–H groups in total. The average Bonchev–Trinajstić information content (AvgIpc) is 3.04. The van der Waals surface area contributed by atoms with Crippen LogP contribution in [0.4, 0.5) is 4.79 Å². The molecular formula is C23H37NO5Si. The van der Waals surface area contributed by atoms with E-state index >= 15 is 0 Å². The zero-order valence-corrected chi connectivity index (χ0v) is 20.3. The number of carbonyl (C=O) groups is 2. The summed E-state index contributed by atoms with van der Waals surface area (Å²) in [6.07, 6.45) is -0.529. The lowest BCUT2D eigenvalue weighted by atomic mass is 9.92. The molecule has 1 heterocycles. The molecule has 0 bridgehead atoms. The summed E-state index contributed by atoms with van der Waals surface area (Å²) in [6.45, 7) is 14.4. The lowest BCUT2D eigenvalue weighted by Crippen LogP contribution is -2.52. The van der Waals surface area contributed by atoms with E-state index in [0.29, 0.717) is 6.42 Å². The first-order chi connectivity index (χ1) is 13.9. The fraction of sp³-hybridized carbons (Fsp3) is 0.652. The van der Waals surface area contributed by atoms with Gasteiger partial charge in [-0.25, -0.2) is 9.69 Å². The maximum atomic E-state index is 13.4. The fourth-order valence-electron chi connectivity index (χ4n) is 3.46. The van der Waals surface area contributed by atoms with E-state index < -0.39 is 26.4 Å². The highest BCUT2D eigenvalue weighted by Gasteiger charge is 2.46. The Kier molecular flexibility index (Phi) is 7.88. The molecular weight excluding hydrogens is 398 g/mol. The van der Waals surface area contributed by atoms with Gasteiger partial charge in [0.25, 0.3) is 0 Å². The van der Waals surface area contributed by atoms with Gasteiger partial charge in [-0.3, -0.25) is 4.79 Å². The van der Waals surface area contributed by atoms with E-state index in [1.165, 1.54) is 4.90 Å². The van der Waals surface area contributed by atoms with Crippen molar-refractivity contribution in [2.75, 3.05) is 13.2 Å². The predicted molar refractivity (Wildman–Crippen MR) is 120 cm³/mol. The molecule has 0 aliphatic carbocycles. The number of imide groups is 1. The number of ether oxygens (including phenoxy) is 1. The van der Waals surface area contributed by atoms with E-state index in [2.05, 4.69) is 33.9 Å². The van der Waals surface area contributed by atoms with Crippen molar-refractivity contribution < 1.29 is 23.9 Å². The van der Waals surface area contributed by atoms with Crippen LogP contribution in [0.25, 0.3) is 0 Å². The molecule has 2 rings (SSSR count). The SMILES string of the molecule is C[C@H](C(=O)N1C(=O)OC[C@@H]1Cc1ccccc1)[C@H](O[Si](C)(C)C(C)(C)C)[C@@H](C)CO. The van der Waals surface area contributed by atoms with Crippen molar-refractivity contribution in [3.8, 4) is 0 Å². The second-order valence-corrected chi connectivity index (χ2v) is 14.7. The van der Waals surface area contributed by atoms with Gasteiger partial charge >= 0.3 is 6.09 Å². The lowest BCUT2D eigenvalue weighted by molar-refractivity contribution is -0.137. The van der Waals surface area contributed by atoms with Crippen LogP contribution < -0.4 is 0 Å². The Morgan fingerprint density at radius 2 is 1.87 bits per heavy atom. The molecule has 0 unspecified atom stereocenters. The van der Waals surface area contributed by atoms with Crippen LogP contribution in [0.2, 0.25) is 18.1 Å². The van der Waals surface area contributed by atoms with Gasteiger partial charge in [-0.15, -0.1) is 0 Å². The summed E-state index contributed by atoms with van der Waals surface area (Å²) in [6, 6.07) is 9.43. The minimum atomic E-state index is -2.19. The Labute approximate surface area is 181 Å². The molecule has 1 aliphatic heterocycles. The van der Waals surface area contributed by atoms with Crippen LogP contribution in [0, 0.1) is 11.8 Å². The van der Waals surface area contributed by atoms with E-state index in [1.807, 2.05) is 37.3 Å². The van der Waals surface area contributed by atoms with Crippen LogP contribution in [0.15, 0.2) is 30.3 Å². The minimum Gasteiger partial charge on any atom is -0.447 e. The van der Waals surface area contributed by atoms with Crippen LogP contribution in [-0.4, -0.2) is 55.7 Å². The largest absolute Gasteiger partial charge is 0.447 e. The quantitative estimate of drug-likeness (QED) is 0.618. The highest BCUT2D eigenvalue weighted by Crippen LogP contribution is 2.39. The van der Waals surface area contributed by atoms with Crippen molar-refractivity contribution in [3.63, 3.8) is 0 Å². The molecule has 0 spiro atoms. The van der Waals surface area contributed by atoms with E-state index in [-0.39, 0.29) is 36.1 Å². The third-order valence-electron chi connectivity index (χ3n) is 6.48. The van der Waals surface area contributed by atoms with E-state index in [0.717, 1.165) is 5.56 Å². The summed E-state index contributed by atoms with van der Waals surface area (Å²) in [5.74, 6) is -1.11. The molecule has 1 aromatic carbocycles. The predicted octanol–water partition coefficient (Wildman–Crippen LogP) is 4.23. The zero-order valence-electron chi connectivity index (χ0n) is 19.3. The monoisotopic (exact) mass is 435 g/mol. The molecule has 1 aromatic rings. The summed E-state index contributed by atoms with van der Waals surface area (Å²) in [7, 11) is -2.19. The van der Waals surface area contributed by atoms with Gasteiger partial charge < -0.3 is 14.3 Å². The number of aliphatic hydroxyl groups is 1. The molecule has 168 valence electrons. The molecule has 1 aliphatic rings. The molecule has 4 atom stereocenters. The van der Waals surface area contributed by atoms with Crippen LogP contribution in [0.1, 0.15) is 40.2 Å². The van der Waals surface area contributed by atoms with Gasteiger partial charge in [-0.1, -0.05) is 65.0 Å². The standard InChI is InChI=1S/C23H37NO5Si/c1-16(14-25)20(29-30(6,7)23(3,4)5)17(2)21(26)24-19(15-28-22(24)27)13-18-11-9-8-10-12-18/h8-12,16-17,19-20,25H,13-15H2,1-7H3/t16-,17-,19-,20+/m0/s1. The van der Waals surface area contributed by atoms with Gasteiger partial charge in [0.2, 0.25) is 5.91 Å². The fourth-order valence-corrected chi connectivity index (χ4v) is 4.93. The molecule has 1 saturated heterocycles. The molecule has 2 amide bonds. The Balaban J connectivity index is 2.24. The summed E-state index contributed by atoms with van der Waals surface area (Å²) < 4.78 is 11.8. The smallest absolute Gasteiger partial charge is 0.416 e. The van der Waals surface area contributed by atoms with Gasteiger partial charge in [-0.2, -0.15) is 0 Å². The normalized spacial score (nSPS) is 20.6. The maximum Gasteiger partial charge on any atom is 0.416 e. The molecule has 0 aromatic heterocycles. The molecule has 6 nitrogen and oxygen atoms in total. The highest BCUT2D eigenvalue weighted by molar-refractivity contribution is 6.74. The first kappa shape index (κ1) is 24.6. The van der Waals surface area contributed by atoms with Gasteiger partial charge in [-0.05, 0) is 30.1 Å². The number of carbonyl (C=O) groups excluding carboxylic acids is 2. The number of rotatable bonds is 8. The van der Waals surface area contributed by atoms with E-state index in [4.69, 9.17) is 9.16 Å². The number of cyclic esters (lactones) is 1. The molecule has 1 fully saturated rings. The topological polar surface area (TPSA) is 76.1 Å². The van der Waals surface area contributed by atoms with Crippen LogP contribution in [-0.2, 0) is 20.4 Å². The van der Waals surface area contributed by atoms with Crippen molar-refractivity contribution >= 4 is 20.3 Å². The number of nitrogens with zero attached hydrogens (tertiary/aromatic N) is 1. The van der Waals surface area contributed by atoms with Gasteiger partial charge in [0.15, 0.2) is 8.32 Å². The lowest BCUT2D eigenvalue weighted by Gasteiger charge is -2.42. The Hall–Kier alpha value is -1.70. The Morgan fingerprint density at radius 1 is 1.27 bits per heavy atom. The van der Waals surface area contributed by atoms with Crippen molar-refractivity contribution in [1.82, 2.24) is 4.90 Å². The first-order valence-corrected chi connectivity index (χ1v) is 13.6. The molecule has 0 radical (unpaired) electrons. The second-order valence-electron chi connectivity index (χ2n) is 9.92. The zero-order chi connectivity index (χ0) is 22.7. The average molecular weight is 436 g/mol. The third kappa shape index (κ3) is 5.50. The summed E-state index contributed by atoms with van der Waals surface area (Å²) in [4.78, 5) is 27.1. The van der Waals surface area contributed by atoms with Crippen LogP contribution in [0.5, 0.6) is 0 Å². The molecule has 0 saturated carbocycles. The molecule has 7 heteroatoms. The Bertz CT molecular complexity index is 731. The Morgan fingerprint density at radius 3 is 2.40 bits per heavy atom. The van der Waals surface area contributed by atoms with E-state index in [1.54, 1.807) is 6.92 Å². The number of benzene rings is 1. The van der Waals surface area contributed by atoms with Crippen molar-refractivity contribution in [2.24, 2.45) is 11.8 Å². The number of amides is 2. The van der Waals surface area contributed by atoms with Crippen molar-refractivity contribution in [3.05, 3.63) is 35.9 Å². The summed E-state index contributed by atoms with van der Waals surface area (Å²) >= 11 is 0. The van der Waals surface area contributed by atoms with Crippen LogP contribution in [0.3, 0.4) is 0 Å². The van der Waals surface area contributed by atoms with Gasteiger partial charge in [0.1, 0.15) is 6.61 Å². The number of aliphatic hydroxyl groups excluding tert-OH is 1. The minimum absolute atomic E-state index is 0.0361. The number of hydrogen-bond acceptors (Lipinski definition) is 5. The second kappa shape index (κ2) is 9.62. The third-order valence-corrected chi connectivity index (χ3v) is 11.0. The van der Waals surface area contributed by atoms with E-state index in [9.17, 15) is 14.7 Å². The van der Waals surface area contributed by atoms with Crippen molar-refractivity contribution in [2.45, 2.75) is 71.3 Å². The number of hydrogen-bond donors (Lipinski definition) is 1. The highest BCUT2D eigenvalue weighted by atomic mass is 28.4.